The topological polar surface area (TPSA) is 113 Å². The Hall–Kier alpha value is -2.84. The molecule has 0 saturated heterocycles. The van der Waals surface area contributed by atoms with Gasteiger partial charge in [-0.15, -0.1) is 0 Å². The van der Waals surface area contributed by atoms with Crippen LogP contribution in [-0.2, 0) is 14.3 Å². The second-order valence-corrected chi connectivity index (χ2v) is 11.7. The third-order valence-electron chi connectivity index (χ3n) is 10.0. The lowest BCUT2D eigenvalue weighted by atomic mass is 9.44. The van der Waals surface area contributed by atoms with Crippen molar-refractivity contribution in [3.63, 3.8) is 0 Å². The van der Waals surface area contributed by atoms with Crippen LogP contribution in [0.2, 0.25) is 0 Å². The quantitative estimate of drug-likeness (QED) is 0.560. The summed E-state index contributed by atoms with van der Waals surface area (Å²) in [4.78, 5) is 37.7. The molecule has 198 valence electrons. The average molecular weight is 512 g/mol. The van der Waals surface area contributed by atoms with E-state index >= 15 is 4.39 Å². The molecule has 8 heteroatoms. The summed E-state index contributed by atoms with van der Waals surface area (Å²) in [7, 11) is 0. The molecular weight excluding hydrogens is 477 g/mol. The van der Waals surface area contributed by atoms with Gasteiger partial charge in [-0.25, -0.2) is 9.18 Å². The van der Waals surface area contributed by atoms with E-state index in [1.165, 1.54) is 12.2 Å². The molecule has 2 unspecified atom stereocenters. The van der Waals surface area contributed by atoms with Gasteiger partial charge in [-0.2, -0.15) is 0 Å². The normalized spacial score (nSPS) is 42.2. The number of ketones is 2. The van der Waals surface area contributed by atoms with Crippen LogP contribution in [0, 0.1) is 28.6 Å². The molecule has 1 amide bonds. The average Bonchev–Trinajstić information content (AvgIpc) is 3.06. The second kappa shape index (κ2) is 8.60. The lowest BCUT2D eigenvalue weighted by molar-refractivity contribution is -0.219. The zero-order valence-electron chi connectivity index (χ0n) is 21.4. The van der Waals surface area contributed by atoms with E-state index in [0.717, 1.165) is 0 Å². The number of carbonyl (C=O) groups excluding carboxylic acids is 3. The number of alkyl halides is 1. The summed E-state index contributed by atoms with van der Waals surface area (Å²) >= 11 is 0. The molecule has 0 radical (unpaired) electrons. The summed E-state index contributed by atoms with van der Waals surface area (Å²) < 4.78 is 22.4. The molecule has 37 heavy (non-hydrogen) atoms. The largest absolute Gasteiger partial charge is 0.441 e. The number of hydrogen-bond acceptors (Lipinski definition) is 6. The van der Waals surface area contributed by atoms with Gasteiger partial charge in [0.15, 0.2) is 18.1 Å². The number of fused-ring (bicyclic) bond motifs is 5. The molecule has 5 rings (SSSR count). The molecule has 4 aliphatic rings. The van der Waals surface area contributed by atoms with Gasteiger partial charge < -0.3 is 14.9 Å². The molecule has 8 atom stereocenters. The molecule has 3 fully saturated rings. The van der Waals surface area contributed by atoms with Gasteiger partial charge in [0.2, 0.25) is 5.78 Å². The van der Waals surface area contributed by atoms with Crippen LogP contribution in [0.15, 0.2) is 54.1 Å². The van der Waals surface area contributed by atoms with E-state index in [0.29, 0.717) is 30.5 Å². The van der Waals surface area contributed by atoms with Crippen LogP contribution in [0.25, 0.3) is 0 Å². The SMILES string of the molecule is C[C@@H]1CC2C3CCC4=CC(=O)C=C[C@]4(C)[C@@]3(F)[C@@H](O)C[C@]2(C)[C@@]1(O)C(=O)COC(=O)Nc1ccccc1. The summed E-state index contributed by atoms with van der Waals surface area (Å²) in [6.07, 6.45) is 3.33. The van der Waals surface area contributed by atoms with Gasteiger partial charge in [-0.05, 0) is 68.7 Å². The van der Waals surface area contributed by atoms with Crippen molar-refractivity contribution in [2.75, 3.05) is 11.9 Å². The van der Waals surface area contributed by atoms with Gasteiger partial charge in [0, 0.05) is 22.4 Å². The van der Waals surface area contributed by atoms with Crippen LogP contribution in [0.5, 0.6) is 0 Å². The van der Waals surface area contributed by atoms with Gasteiger partial charge in [0.1, 0.15) is 5.60 Å². The number of aliphatic hydroxyl groups is 2. The first-order valence-corrected chi connectivity index (χ1v) is 12.9. The van der Waals surface area contributed by atoms with E-state index < -0.39 is 58.5 Å². The smallest absolute Gasteiger partial charge is 0.412 e. The van der Waals surface area contributed by atoms with Crippen molar-refractivity contribution >= 4 is 23.3 Å². The van der Waals surface area contributed by atoms with Crippen molar-refractivity contribution in [3.05, 3.63) is 54.1 Å². The number of amides is 1. The number of nitrogens with one attached hydrogen (secondary N) is 1. The minimum atomic E-state index is -2.04. The summed E-state index contributed by atoms with van der Waals surface area (Å²) in [6.45, 7) is 4.60. The number of rotatable bonds is 4. The molecule has 7 nitrogen and oxygen atoms in total. The number of aliphatic hydroxyl groups excluding tert-OH is 1. The molecule has 0 aromatic heterocycles. The summed E-state index contributed by atoms with van der Waals surface area (Å²) in [5.74, 6) is -2.37. The molecule has 1 aromatic rings. The standard InChI is InChI=1S/C29H34FNO6/c1-17-13-22-21-10-9-18-14-20(32)11-12-26(18,2)28(21,30)23(33)15-27(22,3)29(17,36)24(34)16-37-25(35)31-19-7-5-4-6-8-19/h4-8,11-12,14,17,21-23,33,36H,9-10,13,15-16H2,1-3H3,(H,31,35)/t17-,21?,22?,23+,26+,27+,28+,29+/m1/s1. The predicted molar refractivity (Wildman–Crippen MR) is 134 cm³/mol. The second-order valence-electron chi connectivity index (χ2n) is 11.7. The van der Waals surface area contributed by atoms with Gasteiger partial charge in [0.05, 0.1) is 6.10 Å². The predicted octanol–water partition coefficient (Wildman–Crippen LogP) is 4.15. The number of ether oxygens (including phenoxy) is 1. The Morgan fingerprint density at radius 3 is 2.59 bits per heavy atom. The van der Waals surface area contributed by atoms with Gasteiger partial charge >= 0.3 is 6.09 Å². The van der Waals surface area contributed by atoms with Crippen LogP contribution >= 0.6 is 0 Å². The van der Waals surface area contributed by atoms with Crippen molar-refractivity contribution in [1.82, 2.24) is 0 Å². The van der Waals surface area contributed by atoms with Gasteiger partial charge in [-0.1, -0.05) is 43.7 Å². The van der Waals surface area contributed by atoms with E-state index in [-0.39, 0.29) is 18.1 Å². The van der Waals surface area contributed by atoms with E-state index in [1.807, 2.05) is 0 Å². The van der Waals surface area contributed by atoms with Crippen LogP contribution in [0.3, 0.4) is 0 Å². The third-order valence-corrected chi connectivity index (χ3v) is 10.0. The monoisotopic (exact) mass is 511 g/mol. The fraction of sp³-hybridized carbons (Fsp3) is 0.552. The number of carbonyl (C=O) groups is 3. The van der Waals surface area contributed by atoms with Crippen LogP contribution in [-0.4, -0.2) is 51.9 Å². The Kier molecular flexibility index (Phi) is 5.99. The maximum Gasteiger partial charge on any atom is 0.412 e. The van der Waals surface area contributed by atoms with Crippen molar-refractivity contribution in [2.24, 2.45) is 28.6 Å². The Bertz CT molecular complexity index is 1200. The van der Waals surface area contributed by atoms with E-state index in [1.54, 1.807) is 57.2 Å². The van der Waals surface area contributed by atoms with Crippen molar-refractivity contribution < 1.29 is 33.7 Å². The fourth-order valence-corrected chi connectivity index (χ4v) is 8.06. The lowest BCUT2D eigenvalue weighted by Crippen LogP contribution is -2.69. The first-order valence-electron chi connectivity index (χ1n) is 12.9. The maximum atomic E-state index is 17.2. The van der Waals surface area contributed by atoms with Crippen LogP contribution in [0.4, 0.5) is 14.9 Å². The maximum absolute atomic E-state index is 17.2. The first-order chi connectivity index (χ1) is 17.4. The lowest BCUT2D eigenvalue weighted by Gasteiger charge is -2.62. The van der Waals surface area contributed by atoms with Crippen LogP contribution in [0.1, 0.15) is 46.5 Å². The van der Waals surface area contributed by atoms with E-state index in [9.17, 15) is 24.6 Å². The molecule has 3 saturated carbocycles. The fourth-order valence-electron chi connectivity index (χ4n) is 8.06. The molecule has 4 aliphatic carbocycles. The number of anilines is 1. The number of benzene rings is 1. The molecule has 3 N–H and O–H groups in total. The Balaban J connectivity index is 1.40. The van der Waals surface area contributed by atoms with Gasteiger partial charge in [0.25, 0.3) is 0 Å². The third kappa shape index (κ3) is 3.48. The zero-order chi connectivity index (χ0) is 26.8. The number of para-hydroxylation sites is 1. The number of allylic oxidation sites excluding steroid dienone is 4. The Morgan fingerprint density at radius 2 is 1.89 bits per heavy atom. The van der Waals surface area contributed by atoms with E-state index in [2.05, 4.69) is 5.32 Å². The summed E-state index contributed by atoms with van der Waals surface area (Å²) in [5.41, 5.74) is -5.02. The molecule has 1 aromatic carbocycles. The van der Waals surface area contributed by atoms with Crippen LogP contribution < -0.4 is 5.32 Å². The number of halogens is 1. The number of Topliss-reactive ketones (excluding diaryl/α,β-unsaturated/α-hetero) is 1. The highest BCUT2D eigenvalue weighted by Crippen LogP contribution is 2.70. The van der Waals surface area contributed by atoms with E-state index in [4.69, 9.17) is 4.74 Å². The summed E-state index contributed by atoms with van der Waals surface area (Å²) in [5, 5.41) is 25.9. The highest BCUT2D eigenvalue weighted by molar-refractivity contribution is 6.01. The molecule has 0 bridgehead atoms. The number of hydrogen-bond donors (Lipinski definition) is 3. The molecular formula is C29H34FNO6. The highest BCUT2D eigenvalue weighted by Gasteiger charge is 2.75. The van der Waals surface area contributed by atoms with Crippen molar-refractivity contribution in [2.45, 2.75) is 63.8 Å². The molecule has 0 heterocycles. The summed E-state index contributed by atoms with van der Waals surface area (Å²) in [6, 6.07) is 8.64. The minimum absolute atomic E-state index is 0.127. The molecule has 0 spiro atoms. The van der Waals surface area contributed by atoms with Crippen molar-refractivity contribution in [1.29, 1.82) is 0 Å². The van der Waals surface area contributed by atoms with Gasteiger partial charge in [-0.3, -0.25) is 14.9 Å². The Morgan fingerprint density at radius 1 is 1.19 bits per heavy atom. The Labute approximate surface area is 215 Å². The molecule has 0 aliphatic heterocycles. The highest BCUT2D eigenvalue weighted by atomic mass is 19.1. The zero-order valence-corrected chi connectivity index (χ0v) is 21.4. The van der Waals surface area contributed by atoms with Crippen molar-refractivity contribution in [3.8, 4) is 0 Å². The first kappa shape index (κ1) is 25.8. The minimum Gasteiger partial charge on any atom is -0.441 e.